The van der Waals surface area contributed by atoms with Crippen LogP contribution in [0.5, 0.6) is 0 Å². The van der Waals surface area contributed by atoms with Crippen LogP contribution in [-0.4, -0.2) is 47.1 Å². The molecule has 6 heteroatoms. The molecule has 1 aromatic heterocycles. The first kappa shape index (κ1) is 13.5. The maximum atomic E-state index is 12.1. The van der Waals surface area contributed by atoms with Gasteiger partial charge in [0, 0.05) is 25.4 Å². The Kier molecular flexibility index (Phi) is 4.31. The highest BCUT2D eigenvalue weighted by Crippen LogP contribution is 2.27. The lowest BCUT2D eigenvalue weighted by molar-refractivity contribution is 0.0264. The number of nitrogens with two attached hydrogens (primary N) is 1. The Labute approximate surface area is 111 Å². The maximum Gasteiger partial charge on any atom is 0.273 e. The Hall–Kier alpha value is -0.980. The number of carbonyl (C=O) groups excluding carboxylic acids is 1. The van der Waals surface area contributed by atoms with E-state index in [9.17, 15) is 9.90 Å². The molecule has 1 aliphatic carbocycles. The molecule has 0 radical (unpaired) electrons. The average molecular weight is 269 g/mol. The maximum absolute atomic E-state index is 12.1. The minimum Gasteiger partial charge on any atom is -0.393 e. The Bertz CT molecular complexity index is 415. The van der Waals surface area contributed by atoms with Crippen molar-refractivity contribution in [3.63, 3.8) is 0 Å². The molecule has 2 rings (SSSR count). The first-order valence-corrected chi connectivity index (χ1v) is 7.06. The molecule has 3 N–H and O–H groups in total. The molecule has 0 aromatic carbocycles. The molecule has 1 fully saturated rings. The van der Waals surface area contributed by atoms with Gasteiger partial charge in [0.1, 0.15) is 5.69 Å². The number of rotatable bonds is 5. The largest absolute Gasteiger partial charge is 0.393 e. The van der Waals surface area contributed by atoms with Crippen molar-refractivity contribution < 1.29 is 9.90 Å². The van der Waals surface area contributed by atoms with E-state index < -0.39 is 0 Å². The van der Waals surface area contributed by atoms with E-state index in [4.69, 9.17) is 5.73 Å². The van der Waals surface area contributed by atoms with Crippen LogP contribution in [0.25, 0.3) is 0 Å². The van der Waals surface area contributed by atoms with E-state index in [0.29, 0.717) is 24.7 Å². The lowest BCUT2D eigenvalue weighted by Gasteiger charge is -2.34. The van der Waals surface area contributed by atoms with Crippen molar-refractivity contribution in [1.29, 1.82) is 0 Å². The van der Waals surface area contributed by atoms with Crippen molar-refractivity contribution >= 4 is 17.2 Å². The number of carbonyl (C=O) groups is 1. The van der Waals surface area contributed by atoms with Gasteiger partial charge in [0.25, 0.3) is 5.91 Å². The van der Waals surface area contributed by atoms with Gasteiger partial charge in [-0.3, -0.25) is 4.79 Å². The van der Waals surface area contributed by atoms with Crippen molar-refractivity contribution in [1.82, 2.24) is 9.88 Å². The van der Waals surface area contributed by atoms with E-state index in [-0.39, 0.29) is 12.0 Å². The highest BCUT2D eigenvalue weighted by molar-refractivity contribution is 7.09. The van der Waals surface area contributed by atoms with Gasteiger partial charge in [-0.2, -0.15) is 0 Å². The molecule has 1 heterocycles. The Morgan fingerprint density at radius 3 is 3.00 bits per heavy atom. The van der Waals surface area contributed by atoms with Gasteiger partial charge in [-0.1, -0.05) is 0 Å². The summed E-state index contributed by atoms with van der Waals surface area (Å²) >= 11 is 1.48. The zero-order valence-corrected chi connectivity index (χ0v) is 11.3. The van der Waals surface area contributed by atoms with E-state index in [0.717, 1.165) is 24.3 Å². The van der Waals surface area contributed by atoms with Crippen LogP contribution in [0.15, 0.2) is 5.38 Å². The molecule has 1 aromatic rings. The molecule has 0 spiro atoms. The molecule has 100 valence electrons. The first-order valence-electron chi connectivity index (χ1n) is 6.18. The topological polar surface area (TPSA) is 79.5 Å². The summed E-state index contributed by atoms with van der Waals surface area (Å²) in [4.78, 5) is 18.1. The van der Waals surface area contributed by atoms with Gasteiger partial charge in [-0.25, -0.2) is 4.98 Å². The number of aromatic nitrogens is 1. The SMILES string of the molecule is CN(CC1CC(O)C1)C(=O)c1csc(CCN)n1. The number of aliphatic hydroxyl groups is 1. The van der Waals surface area contributed by atoms with Gasteiger partial charge in [0.15, 0.2) is 0 Å². The molecule has 18 heavy (non-hydrogen) atoms. The lowest BCUT2D eigenvalue weighted by atomic mass is 9.82. The number of nitrogens with zero attached hydrogens (tertiary/aromatic N) is 2. The Morgan fingerprint density at radius 2 is 2.39 bits per heavy atom. The third-order valence-electron chi connectivity index (χ3n) is 3.22. The summed E-state index contributed by atoms with van der Waals surface area (Å²) in [5, 5.41) is 11.9. The van der Waals surface area contributed by atoms with Crippen molar-refractivity contribution in [2.45, 2.75) is 25.4 Å². The molecule has 0 unspecified atom stereocenters. The lowest BCUT2D eigenvalue weighted by Crippen LogP contribution is -2.39. The third kappa shape index (κ3) is 3.07. The quantitative estimate of drug-likeness (QED) is 0.815. The van der Waals surface area contributed by atoms with E-state index >= 15 is 0 Å². The fourth-order valence-corrected chi connectivity index (χ4v) is 2.95. The van der Waals surface area contributed by atoms with Crippen molar-refractivity contribution in [2.75, 3.05) is 20.1 Å². The molecule has 1 saturated carbocycles. The van der Waals surface area contributed by atoms with Gasteiger partial charge < -0.3 is 15.7 Å². The minimum absolute atomic E-state index is 0.0455. The van der Waals surface area contributed by atoms with E-state index in [1.54, 1.807) is 17.3 Å². The van der Waals surface area contributed by atoms with E-state index in [1.165, 1.54) is 11.3 Å². The van der Waals surface area contributed by atoms with Crippen molar-refractivity contribution in [3.05, 3.63) is 16.1 Å². The predicted molar refractivity (Wildman–Crippen MR) is 70.6 cm³/mol. The van der Waals surface area contributed by atoms with E-state index in [1.807, 2.05) is 0 Å². The van der Waals surface area contributed by atoms with Gasteiger partial charge in [-0.05, 0) is 25.3 Å². The summed E-state index contributed by atoms with van der Waals surface area (Å²) in [7, 11) is 1.79. The van der Waals surface area contributed by atoms with Gasteiger partial charge in [0.05, 0.1) is 11.1 Å². The fraction of sp³-hybridized carbons (Fsp3) is 0.667. The number of hydrogen-bond acceptors (Lipinski definition) is 5. The molecule has 0 saturated heterocycles. The second kappa shape index (κ2) is 5.77. The van der Waals surface area contributed by atoms with Crippen LogP contribution in [0.4, 0.5) is 0 Å². The molecule has 5 nitrogen and oxygen atoms in total. The van der Waals surface area contributed by atoms with Gasteiger partial charge >= 0.3 is 0 Å². The summed E-state index contributed by atoms with van der Waals surface area (Å²) in [5.74, 6) is 0.381. The number of hydrogen-bond donors (Lipinski definition) is 2. The smallest absolute Gasteiger partial charge is 0.273 e. The predicted octanol–water partition coefficient (Wildman–Crippen LogP) is 0.487. The third-order valence-corrected chi connectivity index (χ3v) is 4.13. The Balaban J connectivity index is 1.88. The highest BCUT2D eigenvalue weighted by atomic mass is 32.1. The molecule has 1 aliphatic rings. The molecule has 1 amide bonds. The van der Waals surface area contributed by atoms with Crippen LogP contribution in [0, 0.1) is 5.92 Å². The van der Waals surface area contributed by atoms with E-state index in [2.05, 4.69) is 4.98 Å². The second-order valence-corrected chi connectivity index (χ2v) is 5.78. The highest BCUT2D eigenvalue weighted by Gasteiger charge is 2.29. The molecular weight excluding hydrogens is 250 g/mol. The molecular formula is C12H19N3O2S. The summed E-state index contributed by atoms with van der Waals surface area (Å²) in [6, 6.07) is 0. The van der Waals surface area contributed by atoms with Crippen LogP contribution < -0.4 is 5.73 Å². The van der Waals surface area contributed by atoms with Crippen molar-refractivity contribution in [2.24, 2.45) is 11.7 Å². The standard InChI is InChI=1S/C12H19N3O2S/c1-15(6-8-4-9(16)5-8)12(17)10-7-18-11(14-10)2-3-13/h7-9,16H,2-6,13H2,1H3. The molecule has 0 bridgehead atoms. The zero-order chi connectivity index (χ0) is 13.1. The van der Waals surface area contributed by atoms with Crippen LogP contribution >= 0.6 is 11.3 Å². The van der Waals surface area contributed by atoms with Gasteiger partial charge in [0.2, 0.25) is 0 Å². The monoisotopic (exact) mass is 269 g/mol. The minimum atomic E-state index is -0.172. The summed E-state index contributed by atoms with van der Waals surface area (Å²) in [6.45, 7) is 1.25. The first-order chi connectivity index (χ1) is 8.60. The summed E-state index contributed by atoms with van der Waals surface area (Å²) in [6.07, 6.45) is 2.14. The second-order valence-electron chi connectivity index (χ2n) is 4.84. The zero-order valence-electron chi connectivity index (χ0n) is 10.5. The number of aliphatic hydroxyl groups excluding tert-OH is 1. The normalized spacial score (nSPS) is 22.6. The van der Waals surface area contributed by atoms with Crippen LogP contribution in [0.2, 0.25) is 0 Å². The van der Waals surface area contributed by atoms with Crippen molar-refractivity contribution in [3.8, 4) is 0 Å². The number of thiazole rings is 1. The summed E-state index contributed by atoms with van der Waals surface area (Å²) in [5.41, 5.74) is 5.96. The Morgan fingerprint density at radius 1 is 1.67 bits per heavy atom. The van der Waals surface area contributed by atoms with Gasteiger partial charge in [-0.15, -0.1) is 11.3 Å². The fourth-order valence-electron chi connectivity index (χ4n) is 2.16. The average Bonchev–Trinajstić information content (AvgIpc) is 2.75. The van der Waals surface area contributed by atoms with Crippen LogP contribution in [0.1, 0.15) is 28.3 Å². The summed E-state index contributed by atoms with van der Waals surface area (Å²) < 4.78 is 0. The number of amides is 1. The van der Waals surface area contributed by atoms with Crippen LogP contribution in [-0.2, 0) is 6.42 Å². The van der Waals surface area contributed by atoms with Crippen LogP contribution in [0.3, 0.4) is 0 Å². The molecule has 0 aliphatic heterocycles. The molecule has 0 atom stereocenters.